The molecule has 2 aromatic carbocycles. The van der Waals surface area contributed by atoms with E-state index in [0.717, 1.165) is 51.3 Å². The molecule has 1 heterocycles. The van der Waals surface area contributed by atoms with Gasteiger partial charge in [0.05, 0.1) is 7.11 Å². The van der Waals surface area contributed by atoms with E-state index >= 15 is 0 Å². The van der Waals surface area contributed by atoms with Crippen LogP contribution in [0, 0.1) is 13.8 Å². The molecule has 1 saturated heterocycles. The van der Waals surface area contributed by atoms with Crippen molar-refractivity contribution in [3.8, 4) is 5.75 Å². The number of carbonyl (C=O) groups is 1. The second-order valence-electron chi connectivity index (χ2n) is 7.79. The van der Waals surface area contributed by atoms with Crippen molar-refractivity contribution in [2.75, 3.05) is 33.3 Å². The number of hydrogen-bond acceptors (Lipinski definition) is 3. The van der Waals surface area contributed by atoms with E-state index in [1.807, 2.05) is 29.2 Å². The maximum absolute atomic E-state index is 12.7. The van der Waals surface area contributed by atoms with Crippen LogP contribution in [0.5, 0.6) is 5.75 Å². The Morgan fingerprint density at radius 2 is 1.79 bits per heavy atom. The van der Waals surface area contributed by atoms with Gasteiger partial charge in [0.2, 0.25) is 5.91 Å². The average Bonchev–Trinajstić information content (AvgIpc) is 2.95. The first kappa shape index (κ1) is 20.4. The van der Waals surface area contributed by atoms with Crippen LogP contribution in [-0.2, 0) is 17.8 Å². The summed E-state index contributed by atoms with van der Waals surface area (Å²) in [5, 5.41) is 0. The Morgan fingerprint density at radius 1 is 1.00 bits per heavy atom. The lowest BCUT2D eigenvalue weighted by molar-refractivity contribution is -0.131. The Bertz CT molecular complexity index is 786. The third-order valence-electron chi connectivity index (χ3n) is 5.63. The summed E-state index contributed by atoms with van der Waals surface area (Å²) < 4.78 is 5.19. The highest BCUT2D eigenvalue weighted by atomic mass is 16.5. The number of aryl methyl sites for hydroxylation is 3. The van der Waals surface area contributed by atoms with Crippen LogP contribution in [0.25, 0.3) is 0 Å². The molecule has 0 radical (unpaired) electrons. The molecule has 0 N–H and O–H groups in total. The zero-order valence-electron chi connectivity index (χ0n) is 17.4. The molecule has 28 heavy (non-hydrogen) atoms. The van der Waals surface area contributed by atoms with Crippen LogP contribution < -0.4 is 4.74 Å². The van der Waals surface area contributed by atoms with Crippen LogP contribution in [0.15, 0.2) is 42.5 Å². The molecule has 1 aliphatic heterocycles. The number of hydrogen-bond donors (Lipinski definition) is 0. The Balaban J connectivity index is 1.49. The molecule has 3 rings (SSSR count). The summed E-state index contributed by atoms with van der Waals surface area (Å²) in [6.45, 7) is 8.99. The first-order valence-electron chi connectivity index (χ1n) is 10.2. The minimum absolute atomic E-state index is 0.268. The van der Waals surface area contributed by atoms with Gasteiger partial charge in [0.25, 0.3) is 0 Å². The Kier molecular flexibility index (Phi) is 7.10. The maximum atomic E-state index is 12.7. The molecule has 0 aliphatic carbocycles. The molecule has 0 aromatic heterocycles. The van der Waals surface area contributed by atoms with Crippen LogP contribution in [-0.4, -0.2) is 49.0 Å². The summed E-state index contributed by atoms with van der Waals surface area (Å²) in [6.07, 6.45) is 2.40. The number of carbonyl (C=O) groups excluding carboxylic acids is 1. The molecule has 0 unspecified atom stereocenters. The fraction of sp³-hybridized carbons (Fsp3) is 0.458. The molecule has 4 heteroatoms. The van der Waals surface area contributed by atoms with Gasteiger partial charge in [-0.15, -0.1) is 0 Å². The van der Waals surface area contributed by atoms with Crippen LogP contribution in [0.4, 0.5) is 0 Å². The van der Waals surface area contributed by atoms with Gasteiger partial charge >= 0.3 is 0 Å². The monoisotopic (exact) mass is 380 g/mol. The van der Waals surface area contributed by atoms with E-state index in [4.69, 9.17) is 4.74 Å². The summed E-state index contributed by atoms with van der Waals surface area (Å²) in [5.74, 6) is 1.12. The predicted octanol–water partition coefficient (Wildman–Crippen LogP) is 3.98. The maximum Gasteiger partial charge on any atom is 0.222 e. The standard InChI is InChI=1S/C24H32N2O2/c1-19-5-6-20(2)22(17-19)18-25-13-4-14-26(16-15-25)24(27)12-9-21-7-10-23(28-3)11-8-21/h5-8,10-11,17H,4,9,12-16,18H2,1-3H3. The van der Waals surface area contributed by atoms with Crippen molar-refractivity contribution < 1.29 is 9.53 Å². The molecule has 2 aromatic rings. The van der Waals surface area contributed by atoms with Gasteiger partial charge in [0.15, 0.2) is 0 Å². The molecule has 1 fully saturated rings. The topological polar surface area (TPSA) is 32.8 Å². The number of methoxy groups -OCH3 is 1. The van der Waals surface area contributed by atoms with Crippen molar-refractivity contribution in [1.29, 1.82) is 0 Å². The highest BCUT2D eigenvalue weighted by Gasteiger charge is 2.19. The van der Waals surface area contributed by atoms with E-state index in [2.05, 4.69) is 36.9 Å². The quantitative estimate of drug-likeness (QED) is 0.760. The van der Waals surface area contributed by atoms with Crippen LogP contribution in [0.3, 0.4) is 0 Å². The zero-order valence-corrected chi connectivity index (χ0v) is 17.4. The first-order chi connectivity index (χ1) is 13.5. The third-order valence-corrected chi connectivity index (χ3v) is 5.63. The molecule has 1 aliphatic rings. The Morgan fingerprint density at radius 3 is 2.54 bits per heavy atom. The van der Waals surface area contributed by atoms with Gasteiger partial charge in [-0.3, -0.25) is 9.69 Å². The van der Waals surface area contributed by atoms with Crippen molar-refractivity contribution in [1.82, 2.24) is 9.80 Å². The summed E-state index contributed by atoms with van der Waals surface area (Å²) in [5.41, 5.74) is 5.24. The number of rotatable bonds is 6. The van der Waals surface area contributed by atoms with E-state index in [0.29, 0.717) is 6.42 Å². The zero-order chi connectivity index (χ0) is 19.9. The van der Waals surface area contributed by atoms with Crippen LogP contribution in [0.2, 0.25) is 0 Å². The molecular weight excluding hydrogens is 348 g/mol. The van der Waals surface area contributed by atoms with Gasteiger partial charge in [-0.1, -0.05) is 35.9 Å². The normalized spacial score (nSPS) is 15.3. The second-order valence-corrected chi connectivity index (χ2v) is 7.79. The highest BCUT2D eigenvalue weighted by Crippen LogP contribution is 2.16. The van der Waals surface area contributed by atoms with Gasteiger partial charge in [0.1, 0.15) is 5.75 Å². The molecule has 150 valence electrons. The average molecular weight is 381 g/mol. The molecule has 0 bridgehead atoms. The number of benzene rings is 2. The van der Waals surface area contributed by atoms with Crippen LogP contribution >= 0.6 is 0 Å². The van der Waals surface area contributed by atoms with E-state index in [9.17, 15) is 4.79 Å². The second kappa shape index (κ2) is 9.74. The highest BCUT2D eigenvalue weighted by molar-refractivity contribution is 5.76. The summed E-state index contributed by atoms with van der Waals surface area (Å²) in [4.78, 5) is 17.2. The smallest absolute Gasteiger partial charge is 0.222 e. The lowest BCUT2D eigenvalue weighted by atomic mass is 10.1. The van der Waals surface area contributed by atoms with Gasteiger partial charge in [0, 0.05) is 39.1 Å². The van der Waals surface area contributed by atoms with E-state index in [1.54, 1.807) is 7.11 Å². The van der Waals surface area contributed by atoms with E-state index in [-0.39, 0.29) is 5.91 Å². The molecular formula is C24H32N2O2. The Labute approximate surface area is 169 Å². The first-order valence-corrected chi connectivity index (χ1v) is 10.2. The van der Waals surface area contributed by atoms with Gasteiger partial charge in [-0.05, 0) is 55.5 Å². The largest absolute Gasteiger partial charge is 0.497 e. The van der Waals surface area contributed by atoms with Crippen molar-refractivity contribution in [2.24, 2.45) is 0 Å². The minimum Gasteiger partial charge on any atom is -0.497 e. The van der Waals surface area contributed by atoms with Crippen molar-refractivity contribution in [2.45, 2.75) is 39.7 Å². The number of ether oxygens (including phenoxy) is 1. The van der Waals surface area contributed by atoms with Gasteiger partial charge in [-0.2, -0.15) is 0 Å². The molecule has 1 amide bonds. The fourth-order valence-electron chi connectivity index (χ4n) is 3.79. The van der Waals surface area contributed by atoms with Crippen molar-refractivity contribution in [3.05, 3.63) is 64.7 Å². The fourth-order valence-corrected chi connectivity index (χ4v) is 3.79. The molecule has 0 atom stereocenters. The lowest BCUT2D eigenvalue weighted by Crippen LogP contribution is -2.35. The molecule has 4 nitrogen and oxygen atoms in total. The van der Waals surface area contributed by atoms with Gasteiger partial charge < -0.3 is 9.64 Å². The molecule has 0 spiro atoms. The van der Waals surface area contributed by atoms with Crippen molar-refractivity contribution in [3.63, 3.8) is 0 Å². The third kappa shape index (κ3) is 5.59. The lowest BCUT2D eigenvalue weighted by Gasteiger charge is -2.23. The van der Waals surface area contributed by atoms with E-state index in [1.165, 1.54) is 22.3 Å². The van der Waals surface area contributed by atoms with Crippen LogP contribution in [0.1, 0.15) is 35.1 Å². The molecule has 0 saturated carbocycles. The van der Waals surface area contributed by atoms with Crippen molar-refractivity contribution >= 4 is 5.91 Å². The van der Waals surface area contributed by atoms with Gasteiger partial charge in [-0.25, -0.2) is 0 Å². The number of amides is 1. The summed E-state index contributed by atoms with van der Waals surface area (Å²) >= 11 is 0. The number of nitrogens with zero attached hydrogens (tertiary/aromatic N) is 2. The predicted molar refractivity (Wildman–Crippen MR) is 114 cm³/mol. The Hall–Kier alpha value is -2.33. The SMILES string of the molecule is COc1ccc(CCC(=O)N2CCCN(Cc3cc(C)ccc3C)CC2)cc1. The minimum atomic E-state index is 0.268. The van der Waals surface area contributed by atoms with E-state index < -0.39 is 0 Å². The summed E-state index contributed by atoms with van der Waals surface area (Å²) in [6, 6.07) is 14.7. The summed E-state index contributed by atoms with van der Waals surface area (Å²) in [7, 11) is 1.67.